The van der Waals surface area contributed by atoms with Crippen molar-refractivity contribution in [2.24, 2.45) is 0 Å². The van der Waals surface area contributed by atoms with E-state index in [1.165, 1.54) is 24.1 Å². The molecule has 1 aliphatic heterocycles. The van der Waals surface area contributed by atoms with Gasteiger partial charge in [0.15, 0.2) is 0 Å². The first kappa shape index (κ1) is 13.5. The van der Waals surface area contributed by atoms with Crippen molar-refractivity contribution >= 4 is 5.69 Å². The second-order valence-electron chi connectivity index (χ2n) is 6.33. The molecule has 2 aliphatic rings. The molecule has 106 valence electrons. The number of fused-ring (bicyclic) bond motifs is 1. The molecule has 0 spiro atoms. The average Bonchev–Trinajstić information content (AvgIpc) is 3.17. The number of nitrogens with zero attached hydrogens (tertiary/aromatic N) is 2. The van der Waals surface area contributed by atoms with E-state index < -0.39 is 0 Å². The van der Waals surface area contributed by atoms with E-state index in [9.17, 15) is 5.26 Å². The molecule has 1 aromatic carbocycles. The number of rotatable bonds is 6. The summed E-state index contributed by atoms with van der Waals surface area (Å²) in [5.41, 5.74) is 2.51. The Hall–Kier alpha value is -1.53. The smallest absolute Gasteiger partial charge is 0.104 e. The predicted octanol–water partition coefficient (Wildman–Crippen LogP) is 2.86. The Labute approximate surface area is 121 Å². The molecule has 20 heavy (non-hydrogen) atoms. The van der Waals surface area contributed by atoms with Crippen molar-refractivity contribution in [1.29, 1.82) is 5.26 Å². The van der Waals surface area contributed by atoms with Gasteiger partial charge in [-0.15, -0.1) is 0 Å². The van der Waals surface area contributed by atoms with Crippen LogP contribution in [0.4, 0.5) is 5.69 Å². The highest BCUT2D eigenvalue weighted by molar-refractivity contribution is 5.57. The fourth-order valence-electron chi connectivity index (χ4n) is 3.10. The number of para-hydroxylation sites is 1. The molecule has 3 heteroatoms. The maximum atomic E-state index is 9.39. The second-order valence-corrected chi connectivity index (χ2v) is 6.33. The van der Waals surface area contributed by atoms with Crippen LogP contribution < -0.4 is 10.2 Å². The number of nitrogens with one attached hydrogen (secondary N) is 1. The van der Waals surface area contributed by atoms with Gasteiger partial charge in [0, 0.05) is 24.8 Å². The Morgan fingerprint density at radius 3 is 2.95 bits per heavy atom. The fraction of sp³-hybridized carbons (Fsp3) is 0.588. The molecule has 0 aromatic heterocycles. The van der Waals surface area contributed by atoms with E-state index in [0.29, 0.717) is 6.04 Å². The molecule has 3 rings (SSSR count). The highest BCUT2D eigenvalue weighted by Crippen LogP contribution is 2.28. The van der Waals surface area contributed by atoms with Crippen LogP contribution in [-0.2, 0) is 6.42 Å². The standard InChI is InChI=1S/C17H23N3/c1-17(13-18,19-15-7-8-15)10-4-11-20-12-9-14-5-2-3-6-16(14)20/h2-3,5-6,15,19H,4,7-12H2,1H3. The summed E-state index contributed by atoms with van der Waals surface area (Å²) < 4.78 is 0. The Bertz CT molecular complexity index is 515. The van der Waals surface area contributed by atoms with Gasteiger partial charge in [0.1, 0.15) is 5.54 Å². The summed E-state index contributed by atoms with van der Waals surface area (Å²) in [6, 6.07) is 11.7. The van der Waals surface area contributed by atoms with Crippen LogP contribution in [0.25, 0.3) is 0 Å². The number of benzene rings is 1. The van der Waals surface area contributed by atoms with Crippen LogP contribution in [0.2, 0.25) is 0 Å². The van der Waals surface area contributed by atoms with E-state index in [4.69, 9.17) is 0 Å². The Balaban J connectivity index is 1.52. The highest BCUT2D eigenvalue weighted by atomic mass is 15.1. The maximum Gasteiger partial charge on any atom is 0.104 e. The van der Waals surface area contributed by atoms with Crippen LogP contribution in [0.15, 0.2) is 24.3 Å². The van der Waals surface area contributed by atoms with Gasteiger partial charge in [-0.25, -0.2) is 0 Å². The van der Waals surface area contributed by atoms with E-state index in [-0.39, 0.29) is 5.54 Å². The van der Waals surface area contributed by atoms with Gasteiger partial charge >= 0.3 is 0 Å². The molecule has 0 bridgehead atoms. The van der Waals surface area contributed by atoms with E-state index >= 15 is 0 Å². The van der Waals surface area contributed by atoms with Crippen LogP contribution >= 0.6 is 0 Å². The summed E-state index contributed by atoms with van der Waals surface area (Å²) in [5.74, 6) is 0. The Morgan fingerprint density at radius 2 is 2.20 bits per heavy atom. The lowest BCUT2D eigenvalue weighted by atomic mass is 9.97. The van der Waals surface area contributed by atoms with Crippen molar-refractivity contribution in [3.05, 3.63) is 29.8 Å². The van der Waals surface area contributed by atoms with Gasteiger partial charge in [-0.3, -0.25) is 5.32 Å². The molecule has 0 amide bonds. The molecule has 1 N–H and O–H groups in total. The summed E-state index contributed by atoms with van der Waals surface area (Å²) in [5, 5.41) is 12.9. The summed E-state index contributed by atoms with van der Waals surface area (Å²) in [6.07, 6.45) is 5.62. The van der Waals surface area contributed by atoms with Crippen molar-refractivity contribution in [2.75, 3.05) is 18.0 Å². The van der Waals surface area contributed by atoms with E-state index in [1.807, 2.05) is 6.92 Å². The van der Waals surface area contributed by atoms with E-state index in [0.717, 1.165) is 32.4 Å². The largest absolute Gasteiger partial charge is 0.371 e. The van der Waals surface area contributed by atoms with Gasteiger partial charge in [-0.05, 0) is 50.7 Å². The zero-order valence-electron chi connectivity index (χ0n) is 12.2. The average molecular weight is 269 g/mol. The van der Waals surface area contributed by atoms with Crippen LogP contribution in [0.1, 0.15) is 38.2 Å². The number of hydrogen-bond acceptors (Lipinski definition) is 3. The summed E-state index contributed by atoms with van der Waals surface area (Å²) in [7, 11) is 0. The minimum Gasteiger partial charge on any atom is -0.371 e. The first-order valence-corrected chi connectivity index (χ1v) is 7.72. The fourth-order valence-corrected chi connectivity index (χ4v) is 3.10. The third kappa shape index (κ3) is 2.96. The molecular formula is C17H23N3. The molecule has 1 saturated carbocycles. The minimum atomic E-state index is -0.347. The molecule has 1 fully saturated rings. The lowest BCUT2D eigenvalue weighted by molar-refractivity contribution is 0.404. The van der Waals surface area contributed by atoms with Crippen LogP contribution in [-0.4, -0.2) is 24.7 Å². The van der Waals surface area contributed by atoms with Crippen molar-refractivity contribution in [2.45, 2.75) is 50.6 Å². The number of hydrogen-bond donors (Lipinski definition) is 1. The lowest BCUT2D eigenvalue weighted by Crippen LogP contribution is -2.42. The normalized spacial score (nSPS) is 20.3. The van der Waals surface area contributed by atoms with Gasteiger partial charge in [0.2, 0.25) is 0 Å². The quantitative estimate of drug-likeness (QED) is 0.863. The molecule has 0 saturated heterocycles. The van der Waals surface area contributed by atoms with Gasteiger partial charge in [-0.2, -0.15) is 5.26 Å². The summed E-state index contributed by atoms with van der Waals surface area (Å²) in [6.45, 7) is 4.22. The van der Waals surface area contributed by atoms with Gasteiger partial charge in [0.05, 0.1) is 6.07 Å². The van der Waals surface area contributed by atoms with Gasteiger partial charge in [0.25, 0.3) is 0 Å². The zero-order chi connectivity index (χ0) is 14.0. The third-order valence-corrected chi connectivity index (χ3v) is 4.43. The maximum absolute atomic E-state index is 9.39. The van der Waals surface area contributed by atoms with Crippen molar-refractivity contribution in [3.63, 3.8) is 0 Å². The van der Waals surface area contributed by atoms with Crippen molar-refractivity contribution in [1.82, 2.24) is 5.32 Å². The first-order valence-electron chi connectivity index (χ1n) is 7.72. The van der Waals surface area contributed by atoms with Crippen LogP contribution in [0.5, 0.6) is 0 Å². The molecule has 1 atom stereocenters. The highest BCUT2D eigenvalue weighted by Gasteiger charge is 2.32. The van der Waals surface area contributed by atoms with Crippen LogP contribution in [0, 0.1) is 11.3 Å². The Morgan fingerprint density at radius 1 is 1.40 bits per heavy atom. The minimum absolute atomic E-state index is 0.347. The molecular weight excluding hydrogens is 246 g/mol. The molecule has 1 unspecified atom stereocenters. The van der Waals surface area contributed by atoms with Crippen molar-refractivity contribution < 1.29 is 0 Å². The first-order chi connectivity index (χ1) is 9.70. The number of anilines is 1. The lowest BCUT2D eigenvalue weighted by Gasteiger charge is -2.25. The monoisotopic (exact) mass is 269 g/mol. The van der Waals surface area contributed by atoms with Gasteiger partial charge < -0.3 is 4.90 Å². The summed E-state index contributed by atoms with van der Waals surface area (Å²) in [4.78, 5) is 2.46. The molecule has 1 aromatic rings. The van der Waals surface area contributed by atoms with E-state index in [1.54, 1.807) is 0 Å². The SMILES string of the molecule is CC(C#N)(CCCN1CCc2ccccc21)NC1CC1. The summed E-state index contributed by atoms with van der Waals surface area (Å²) >= 11 is 0. The predicted molar refractivity (Wildman–Crippen MR) is 81.8 cm³/mol. The van der Waals surface area contributed by atoms with Gasteiger partial charge in [-0.1, -0.05) is 18.2 Å². The Kier molecular flexibility index (Phi) is 3.67. The molecule has 0 radical (unpaired) electrons. The molecule has 1 heterocycles. The second kappa shape index (κ2) is 5.46. The molecule has 3 nitrogen and oxygen atoms in total. The van der Waals surface area contributed by atoms with Crippen molar-refractivity contribution in [3.8, 4) is 6.07 Å². The molecule has 1 aliphatic carbocycles. The third-order valence-electron chi connectivity index (χ3n) is 4.43. The zero-order valence-corrected chi connectivity index (χ0v) is 12.2. The van der Waals surface area contributed by atoms with E-state index in [2.05, 4.69) is 40.6 Å². The number of nitriles is 1. The van der Waals surface area contributed by atoms with Crippen LogP contribution in [0.3, 0.4) is 0 Å². The topological polar surface area (TPSA) is 39.1 Å².